The molecule has 0 aromatic carbocycles. The molecule has 1 nitrogen and oxygen atoms in total. The van der Waals surface area contributed by atoms with Gasteiger partial charge in [-0.15, -0.1) is 11.3 Å². The minimum Gasteiger partial charge on any atom is -0.325 e. The van der Waals surface area contributed by atoms with E-state index in [1.807, 2.05) is 11.3 Å². The molecular formula is C17H26BrNS. The highest BCUT2D eigenvalue weighted by Gasteiger charge is 2.42. The first-order valence-electron chi connectivity index (χ1n) is 8.20. The van der Waals surface area contributed by atoms with Crippen molar-refractivity contribution in [1.82, 2.24) is 0 Å². The molecule has 2 saturated carbocycles. The molecule has 2 fully saturated rings. The average molecular weight is 356 g/mol. The van der Waals surface area contributed by atoms with Crippen LogP contribution in [0.1, 0.15) is 62.7 Å². The topological polar surface area (TPSA) is 26.0 Å². The lowest BCUT2D eigenvalue weighted by Crippen LogP contribution is -2.53. The summed E-state index contributed by atoms with van der Waals surface area (Å²) < 4.78 is 1.26. The number of hydrogen-bond donors (Lipinski definition) is 1. The normalized spacial score (nSPS) is 32.4. The maximum absolute atomic E-state index is 6.98. The van der Waals surface area contributed by atoms with Gasteiger partial charge in [-0.3, -0.25) is 0 Å². The second kappa shape index (κ2) is 6.50. The molecule has 3 rings (SSSR count). The Balaban J connectivity index is 1.77. The van der Waals surface area contributed by atoms with Gasteiger partial charge in [0.25, 0.3) is 0 Å². The van der Waals surface area contributed by atoms with Gasteiger partial charge in [-0.1, -0.05) is 44.9 Å². The minimum absolute atomic E-state index is 0.0492. The predicted molar refractivity (Wildman–Crippen MR) is 91.2 cm³/mol. The largest absolute Gasteiger partial charge is 0.325 e. The van der Waals surface area contributed by atoms with Crippen molar-refractivity contribution in [2.45, 2.75) is 69.7 Å². The van der Waals surface area contributed by atoms with Crippen molar-refractivity contribution in [1.29, 1.82) is 0 Å². The van der Waals surface area contributed by atoms with E-state index in [0.717, 1.165) is 18.3 Å². The monoisotopic (exact) mass is 355 g/mol. The van der Waals surface area contributed by atoms with Crippen LogP contribution < -0.4 is 5.73 Å². The summed E-state index contributed by atoms with van der Waals surface area (Å²) in [6.45, 7) is 0. The molecule has 2 N–H and O–H groups in total. The Morgan fingerprint density at radius 1 is 1.15 bits per heavy atom. The smallest absolute Gasteiger partial charge is 0.0315 e. The SMILES string of the molecule is NC1(Cc2sccc2Br)CCCCC1C1CCCCC1. The third-order valence-electron chi connectivity index (χ3n) is 5.55. The molecule has 0 spiro atoms. The molecule has 0 radical (unpaired) electrons. The van der Waals surface area contributed by atoms with Crippen molar-refractivity contribution in [2.75, 3.05) is 0 Å². The maximum atomic E-state index is 6.98. The third kappa shape index (κ3) is 3.15. The highest BCUT2D eigenvalue weighted by Crippen LogP contribution is 2.45. The van der Waals surface area contributed by atoms with E-state index < -0.39 is 0 Å². The number of hydrogen-bond acceptors (Lipinski definition) is 2. The molecule has 1 aromatic heterocycles. The average Bonchev–Trinajstić information content (AvgIpc) is 2.85. The van der Waals surface area contributed by atoms with E-state index in [-0.39, 0.29) is 5.54 Å². The van der Waals surface area contributed by atoms with Crippen molar-refractivity contribution in [2.24, 2.45) is 17.6 Å². The summed E-state index contributed by atoms with van der Waals surface area (Å²) in [5, 5.41) is 2.18. The Labute approximate surface area is 135 Å². The van der Waals surface area contributed by atoms with Gasteiger partial charge in [0.2, 0.25) is 0 Å². The molecule has 2 aliphatic carbocycles. The van der Waals surface area contributed by atoms with Crippen LogP contribution in [0.5, 0.6) is 0 Å². The summed E-state index contributed by atoms with van der Waals surface area (Å²) in [5.74, 6) is 1.65. The van der Waals surface area contributed by atoms with E-state index >= 15 is 0 Å². The highest BCUT2D eigenvalue weighted by atomic mass is 79.9. The van der Waals surface area contributed by atoms with Gasteiger partial charge in [0, 0.05) is 21.3 Å². The lowest BCUT2D eigenvalue weighted by molar-refractivity contribution is 0.1000. The highest BCUT2D eigenvalue weighted by molar-refractivity contribution is 9.10. The van der Waals surface area contributed by atoms with Crippen LogP contribution in [-0.4, -0.2) is 5.54 Å². The molecular weight excluding hydrogens is 330 g/mol. The Kier molecular flexibility index (Phi) is 4.89. The van der Waals surface area contributed by atoms with Crippen LogP contribution in [0.3, 0.4) is 0 Å². The minimum atomic E-state index is 0.0492. The number of halogens is 1. The molecule has 0 bridgehead atoms. The van der Waals surface area contributed by atoms with E-state index in [1.54, 1.807) is 0 Å². The lowest BCUT2D eigenvalue weighted by atomic mass is 9.63. The van der Waals surface area contributed by atoms with Gasteiger partial charge in [0.1, 0.15) is 0 Å². The van der Waals surface area contributed by atoms with Crippen LogP contribution in [0.25, 0.3) is 0 Å². The molecule has 2 unspecified atom stereocenters. The van der Waals surface area contributed by atoms with E-state index in [1.165, 1.54) is 67.1 Å². The molecule has 0 amide bonds. The summed E-state index contributed by atoms with van der Waals surface area (Å²) in [5.41, 5.74) is 7.03. The van der Waals surface area contributed by atoms with Crippen LogP contribution >= 0.6 is 27.3 Å². The predicted octanol–water partition coefficient (Wildman–Crippen LogP) is 5.52. The fraction of sp³-hybridized carbons (Fsp3) is 0.765. The second-order valence-electron chi connectivity index (χ2n) is 6.85. The van der Waals surface area contributed by atoms with Crippen LogP contribution in [0.4, 0.5) is 0 Å². The molecule has 20 heavy (non-hydrogen) atoms. The Morgan fingerprint density at radius 2 is 1.90 bits per heavy atom. The zero-order chi connectivity index (χ0) is 14.0. The first kappa shape index (κ1) is 15.1. The van der Waals surface area contributed by atoms with E-state index in [9.17, 15) is 0 Å². The quantitative estimate of drug-likeness (QED) is 0.758. The summed E-state index contributed by atoms with van der Waals surface area (Å²) in [6, 6.07) is 2.17. The lowest BCUT2D eigenvalue weighted by Gasteiger charge is -2.46. The Bertz CT molecular complexity index is 438. The molecule has 1 heterocycles. The van der Waals surface area contributed by atoms with E-state index in [0.29, 0.717) is 0 Å². The molecule has 2 atom stereocenters. The van der Waals surface area contributed by atoms with Crippen LogP contribution in [0.15, 0.2) is 15.9 Å². The fourth-order valence-electron chi connectivity index (χ4n) is 4.50. The second-order valence-corrected chi connectivity index (χ2v) is 8.71. The number of nitrogens with two attached hydrogens (primary N) is 1. The Morgan fingerprint density at radius 3 is 2.60 bits per heavy atom. The molecule has 1 aromatic rings. The van der Waals surface area contributed by atoms with Crippen molar-refractivity contribution in [3.63, 3.8) is 0 Å². The van der Waals surface area contributed by atoms with Crippen molar-refractivity contribution in [3.05, 3.63) is 20.8 Å². The third-order valence-corrected chi connectivity index (χ3v) is 7.47. The van der Waals surface area contributed by atoms with E-state index in [2.05, 4.69) is 27.4 Å². The van der Waals surface area contributed by atoms with Gasteiger partial charge in [0.05, 0.1) is 0 Å². The van der Waals surface area contributed by atoms with Gasteiger partial charge in [-0.25, -0.2) is 0 Å². The first-order valence-corrected chi connectivity index (χ1v) is 9.87. The van der Waals surface area contributed by atoms with Crippen LogP contribution in [-0.2, 0) is 6.42 Å². The van der Waals surface area contributed by atoms with E-state index in [4.69, 9.17) is 5.73 Å². The standard InChI is InChI=1S/C17H26BrNS/c18-15-9-11-20-16(15)12-17(19)10-5-4-8-14(17)13-6-2-1-3-7-13/h9,11,13-14H,1-8,10,12,19H2. The van der Waals surface area contributed by atoms with Crippen molar-refractivity contribution >= 4 is 27.3 Å². The van der Waals surface area contributed by atoms with Crippen LogP contribution in [0.2, 0.25) is 0 Å². The van der Waals surface area contributed by atoms with Gasteiger partial charge in [-0.05, 0) is 52.1 Å². The summed E-state index contributed by atoms with van der Waals surface area (Å²) in [4.78, 5) is 1.45. The zero-order valence-corrected chi connectivity index (χ0v) is 14.6. The molecule has 0 aliphatic heterocycles. The molecule has 112 valence electrons. The number of rotatable bonds is 3. The van der Waals surface area contributed by atoms with Crippen molar-refractivity contribution < 1.29 is 0 Å². The fourth-order valence-corrected chi connectivity index (χ4v) is 6.13. The van der Waals surface area contributed by atoms with Gasteiger partial charge in [0.15, 0.2) is 0 Å². The first-order chi connectivity index (χ1) is 9.69. The van der Waals surface area contributed by atoms with Crippen molar-refractivity contribution in [3.8, 4) is 0 Å². The summed E-state index contributed by atoms with van der Waals surface area (Å²) >= 11 is 5.55. The van der Waals surface area contributed by atoms with Gasteiger partial charge < -0.3 is 5.73 Å². The number of thiophene rings is 1. The summed E-state index contributed by atoms with van der Waals surface area (Å²) in [6.07, 6.45) is 13.5. The van der Waals surface area contributed by atoms with Crippen LogP contribution in [0, 0.1) is 11.8 Å². The van der Waals surface area contributed by atoms with Gasteiger partial charge in [-0.2, -0.15) is 0 Å². The Hall–Kier alpha value is 0.140. The zero-order valence-electron chi connectivity index (χ0n) is 12.2. The molecule has 2 aliphatic rings. The summed E-state index contributed by atoms with van der Waals surface area (Å²) in [7, 11) is 0. The molecule has 0 saturated heterocycles. The maximum Gasteiger partial charge on any atom is 0.0315 e. The molecule has 3 heteroatoms. The van der Waals surface area contributed by atoms with Gasteiger partial charge >= 0.3 is 0 Å².